The molecule has 1 aliphatic rings. The fourth-order valence-corrected chi connectivity index (χ4v) is 2.49. The van der Waals surface area contributed by atoms with Gasteiger partial charge in [0.1, 0.15) is 0 Å². The lowest BCUT2D eigenvalue weighted by Crippen LogP contribution is -2.47. The quantitative estimate of drug-likeness (QED) is 0.737. The zero-order valence-electron chi connectivity index (χ0n) is 11.9. The number of rotatable bonds is 5. The lowest BCUT2D eigenvalue weighted by molar-refractivity contribution is 0.174. The van der Waals surface area contributed by atoms with E-state index in [1.165, 1.54) is 32.5 Å². The largest absolute Gasteiger partial charge is 0.303 e. The topological polar surface area (TPSA) is 15.3 Å². The minimum atomic E-state index is 0.233. The Balaban J connectivity index is 2.30. The summed E-state index contributed by atoms with van der Waals surface area (Å²) in [5.41, 5.74) is 0. The van der Waals surface area contributed by atoms with E-state index in [1.807, 2.05) is 0 Å². The van der Waals surface area contributed by atoms with Crippen LogP contribution in [0.3, 0.4) is 0 Å². The SMILES string of the molecule is C#CC(NC1CCN(CC(C)C)CC1)C(C)C. The molecular weight excluding hydrogens is 208 g/mol. The van der Waals surface area contributed by atoms with Gasteiger partial charge in [-0.3, -0.25) is 0 Å². The Kier molecular flexibility index (Phi) is 6.02. The first kappa shape index (κ1) is 14.5. The smallest absolute Gasteiger partial charge is 0.0712 e. The summed E-state index contributed by atoms with van der Waals surface area (Å²) < 4.78 is 0. The van der Waals surface area contributed by atoms with Crippen LogP contribution in [0.25, 0.3) is 0 Å². The standard InChI is InChI=1S/C15H28N2/c1-6-15(13(4)5)16-14-7-9-17(10-8-14)11-12(2)3/h1,12-16H,7-11H2,2-5H3. The number of nitrogens with one attached hydrogen (secondary N) is 1. The molecule has 0 bridgehead atoms. The predicted molar refractivity (Wildman–Crippen MR) is 74.9 cm³/mol. The molecule has 1 saturated heterocycles. The van der Waals surface area contributed by atoms with Crippen molar-refractivity contribution in [3.05, 3.63) is 0 Å². The van der Waals surface area contributed by atoms with Crippen LogP contribution in [0.15, 0.2) is 0 Å². The molecule has 1 rings (SSSR count). The number of hydrogen-bond acceptors (Lipinski definition) is 2. The van der Waals surface area contributed by atoms with E-state index in [9.17, 15) is 0 Å². The first-order valence-corrected chi connectivity index (χ1v) is 6.97. The summed E-state index contributed by atoms with van der Waals surface area (Å²) in [6.45, 7) is 12.6. The van der Waals surface area contributed by atoms with Gasteiger partial charge in [-0.15, -0.1) is 6.42 Å². The first-order chi connectivity index (χ1) is 8.02. The van der Waals surface area contributed by atoms with Crippen molar-refractivity contribution in [3.63, 3.8) is 0 Å². The van der Waals surface area contributed by atoms with E-state index >= 15 is 0 Å². The van der Waals surface area contributed by atoms with Crippen molar-refractivity contribution in [1.29, 1.82) is 0 Å². The summed E-state index contributed by atoms with van der Waals surface area (Å²) >= 11 is 0. The Labute approximate surface area is 107 Å². The summed E-state index contributed by atoms with van der Waals surface area (Å²) in [7, 11) is 0. The summed E-state index contributed by atoms with van der Waals surface area (Å²) in [5, 5.41) is 3.62. The normalized spacial score (nSPS) is 20.8. The van der Waals surface area contributed by atoms with Crippen LogP contribution in [0, 0.1) is 24.2 Å². The highest BCUT2D eigenvalue weighted by atomic mass is 15.1. The minimum Gasteiger partial charge on any atom is -0.303 e. The van der Waals surface area contributed by atoms with Gasteiger partial charge in [-0.05, 0) is 37.8 Å². The summed E-state index contributed by atoms with van der Waals surface area (Å²) in [4.78, 5) is 2.57. The molecule has 0 aromatic heterocycles. The average molecular weight is 236 g/mol. The third kappa shape index (κ3) is 5.10. The van der Waals surface area contributed by atoms with Gasteiger partial charge < -0.3 is 10.2 Å². The summed E-state index contributed by atoms with van der Waals surface area (Å²) in [6, 6.07) is 0.846. The third-order valence-electron chi connectivity index (χ3n) is 3.47. The maximum absolute atomic E-state index is 5.56. The van der Waals surface area contributed by atoms with Gasteiger partial charge >= 0.3 is 0 Å². The van der Waals surface area contributed by atoms with Gasteiger partial charge in [-0.1, -0.05) is 33.6 Å². The second-order valence-corrected chi connectivity index (χ2v) is 6.02. The number of terminal acetylenes is 1. The number of hydrogen-bond donors (Lipinski definition) is 1. The fourth-order valence-electron chi connectivity index (χ4n) is 2.49. The molecule has 0 aliphatic carbocycles. The van der Waals surface area contributed by atoms with Crippen molar-refractivity contribution in [2.45, 2.75) is 52.6 Å². The van der Waals surface area contributed by atoms with Crippen LogP contribution >= 0.6 is 0 Å². The molecule has 1 N–H and O–H groups in total. The van der Waals surface area contributed by atoms with Crippen molar-refractivity contribution in [1.82, 2.24) is 10.2 Å². The van der Waals surface area contributed by atoms with Gasteiger partial charge in [-0.2, -0.15) is 0 Å². The van der Waals surface area contributed by atoms with Crippen LogP contribution in [0.4, 0.5) is 0 Å². The van der Waals surface area contributed by atoms with E-state index < -0.39 is 0 Å². The lowest BCUT2D eigenvalue weighted by Gasteiger charge is -2.35. The fraction of sp³-hybridized carbons (Fsp3) is 0.867. The minimum absolute atomic E-state index is 0.233. The molecule has 0 aromatic carbocycles. The molecule has 0 radical (unpaired) electrons. The van der Waals surface area contributed by atoms with E-state index in [0.29, 0.717) is 12.0 Å². The van der Waals surface area contributed by atoms with E-state index in [1.54, 1.807) is 0 Å². The lowest BCUT2D eigenvalue weighted by atomic mass is 9.99. The Morgan fingerprint density at radius 3 is 2.24 bits per heavy atom. The monoisotopic (exact) mass is 236 g/mol. The maximum atomic E-state index is 5.56. The van der Waals surface area contributed by atoms with Gasteiger partial charge in [0.25, 0.3) is 0 Å². The molecular formula is C15H28N2. The molecule has 2 heteroatoms. The Bertz CT molecular complexity index is 244. The Morgan fingerprint density at radius 2 is 1.82 bits per heavy atom. The Morgan fingerprint density at radius 1 is 1.24 bits per heavy atom. The van der Waals surface area contributed by atoms with Crippen molar-refractivity contribution in [2.24, 2.45) is 11.8 Å². The second kappa shape index (κ2) is 7.03. The zero-order valence-corrected chi connectivity index (χ0v) is 11.9. The molecule has 1 heterocycles. The molecule has 1 fully saturated rings. The van der Waals surface area contributed by atoms with Crippen molar-refractivity contribution in [2.75, 3.05) is 19.6 Å². The van der Waals surface area contributed by atoms with Gasteiger partial charge in [0.05, 0.1) is 6.04 Å². The second-order valence-electron chi connectivity index (χ2n) is 6.02. The first-order valence-electron chi connectivity index (χ1n) is 6.97. The van der Waals surface area contributed by atoms with Gasteiger partial charge in [0.15, 0.2) is 0 Å². The van der Waals surface area contributed by atoms with Crippen LogP contribution in [0.2, 0.25) is 0 Å². The van der Waals surface area contributed by atoms with Crippen molar-refractivity contribution >= 4 is 0 Å². The molecule has 0 aromatic rings. The predicted octanol–water partition coefficient (Wildman–Crippen LogP) is 2.35. The van der Waals surface area contributed by atoms with Gasteiger partial charge in [0, 0.05) is 12.6 Å². The number of piperidine rings is 1. The average Bonchev–Trinajstić information content (AvgIpc) is 2.26. The van der Waals surface area contributed by atoms with Crippen molar-refractivity contribution < 1.29 is 0 Å². The van der Waals surface area contributed by atoms with Crippen LogP contribution in [0.1, 0.15) is 40.5 Å². The van der Waals surface area contributed by atoms with E-state index in [0.717, 1.165) is 5.92 Å². The van der Waals surface area contributed by atoms with Gasteiger partial charge in [0.2, 0.25) is 0 Å². The van der Waals surface area contributed by atoms with E-state index in [4.69, 9.17) is 6.42 Å². The molecule has 17 heavy (non-hydrogen) atoms. The van der Waals surface area contributed by atoms with Gasteiger partial charge in [-0.25, -0.2) is 0 Å². The van der Waals surface area contributed by atoms with E-state index in [-0.39, 0.29) is 6.04 Å². The number of nitrogens with zero attached hydrogens (tertiary/aromatic N) is 1. The van der Waals surface area contributed by atoms with Crippen LogP contribution in [-0.2, 0) is 0 Å². The third-order valence-corrected chi connectivity index (χ3v) is 3.47. The van der Waals surface area contributed by atoms with Crippen LogP contribution < -0.4 is 5.32 Å². The van der Waals surface area contributed by atoms with Crippen LogP contribution in [-0.4, -0.2) is 36.6 Å². The molecule has 1 atom stereocenters. The molecule has 0 amide bonds. The van der Waals surface area contributed by atoms with Crippen molar-refractivity contribution in [3.8, 4) is 12.3 Å². The molecule has 1 unspecified atom stereocenters. The molecule has 0 saturated carbocycles. The van der Waals surface area contributed by atoms with Crippen LogP contribution in [0.5, 0.6) is 0 Å². The zero-order chi connectivity index (χ0) is 12.8. The number of likely N-dealkylation sites (tertiary alicyclic amines) is 1. The molecule has 0 spiro atoms. The summed E-state index contributed by atoms with van der Waals surface area (Å²) in [5.74, 6) is 4.16. The highest BCUT2D eigenvalue weighted by molar-refractivity contribution is 5.02. The maximum Gasteiger partial charge on any atom is 0.0712 e. The van der Waals surface area contributed by atoms with E-state index in [2.05, 4.69) is 43.8 Å². The highest BCUT2D eigenvalue weighted by Crippen LogP contribution is 2.14. The summed E-state index contributed by atoms with van der Waals surface area (Å²) in [6.07, 6.45) is 8.03. The highest BCUT2D eigenvalue weighted by Gasteiger charge is 2.22. The Hall–Kier alpha value is -0.520. The molecule has 98 valence electrons. The molecule has 1 aliphatic heterocycles. The molecule has 2 nitrogen and oxygen atoms in total.